The SMILES string of the molecule is C#CCOc1ccc(CC(F)C(N)=O)cc1OC. The van der Waals surface area contributed by atoms with Crippen LogP contribution in [0.1, 0.15) is 5.56 Å². The van der Waals surface area contributed by atoms with Crippen LogP contribution in [0, 0.1) is 12.3 Å². The van der Waals surface area contributed by atoms with Crippen LogP contribution < -0.4 is 15.2 Å². The van der Waals surface area contributed by atoms with Gasteiger partial charge in [-0.05, 0) is 17.7 Å². The van der Waals surface area contributed by atoms with Crippen LogP contribution in [0.2, 0.25) is 0 Å². The first-order chi connectivity index (χ1) is 8.58. The molecule has 0 aliphatic heterocycles. The topological polar surface area (TPSA) is 61.5 Å². The molecule has 1 atom stereocenters. The Hall–Kier alpha value is -2.22. The van der Waals surface area contributed by atoms with Crippen molar-refractivity contribution in [2.45, 2.75) is 12.6 Å². The van der Waals surface area contributed by atoms with E-state index in [-0.39, 0.29) is 13.0 Å². The van der Waals surface area contributed by atoms with Gasteiger partial charge in [-0.1, -0.05) is 12.0 Å². The molecule has 2 N–H and O–H groups in total. The lowest BCUT2D eigenvalue weighted by atomic mass is 10.1. The molecule has 0 heterocycles. The molecule has 1 rings (SSSR count). The molecule has 0 aliphatic carbocycles. The number of nitrogens with two attached hydrogens (primary N) is 1. The number of halogens is 1. The summed E-state index contributed by atoms with van der Waals surface area (Å²) >= 11 is 0. The van der Waals surface area contributed by atoms with Gasteiger partial charge in [0.15, 0.2) is 17.7 Å². The number of rotatable bonds is 6. The molecule has 0 aromatic heterocycles. The number of carbonyl (C=O) groups is 1. The summed E-state index contributed by atoms with van der Waals surface area (Å²) in [5, 5.41) is 0. The van der Waals surface area contributed by atoms with E-state index in [2.05, 4.69) is 5.92 Å². The first-order valence-electron chi connectivity index (χ1n) is 5.25. The number of hydrogen-bond acceptors (Lipinski definition) is 3. The van der Waals surface area contributed by atoms with Crippen LogP contribution >= 0.6 is 0 Å². The number of terminal acetylenes is 1. The summed E-state index contributed by atoms with van der Waals surface area (Å²) in [5.74, 6) is 2.24. The van der Waals surface area contributed by atoms with Crippen molar-refractivity contribution in [2.24, 2.45) is 5.73 Å². The van der Waals surface area contributed by atoms with E-state index < -0.39 is 12.1 Å². The second-order valence-corrected chi connectivity index (χ2v) is 3.55. The van der Waals surface area contributed by atoms with E-state index in [9.17, 15) is 9.18 Å². The molecule has 0 bridgehead atoms. The Morgan fingerprint density at radius 1 is 1.56 bits per heavy atom. The van der Waals surface area contributed by atoms with Crippen LogP contribution in [0.3, 0.4) is 0 Å². The summed E-state index contributed by atoms with van der Waals surface area (Å²) in [6.07, 6.45) is 3.27. The average molecular weight is 251 g/mol. The van der Waals surface area contributed by atoms with Gasteiger partial charge < -0.3 is 15.2 Å². The second-order valence-electron chi connectivity index (χ2n) is 3.55. The van der Waals surface area contributed by atoms with Crippen LogP contribution in [0.15, 0.2) is 18.2 Å². The van der Waals surface area contributed by atoms with E-state index in [1.165, 1.54) is 7.11 Å². The zero-order valence-electron chi connectivity index (χ0n) is 9.98. The fourth-order valence-corrected chi connectivity index (χ4v) is 1.39. The van der Waals surface area contributed by atoms with Crippen molar-refractivity contribution >= 4 is 5.91 Å². The van der Waals surface area contributed by atoms with Crippen molar-refractivity contribution in [2.75, 3.05) is 13.7 Å². The van der Waals surface area contributed by atoms with Crippen LogP contribution in [-0.4, -0.2) is 25.8 Å². The van der Waals surface area contributed by atoms with Gasteiger partial charge >= 0.3 is 0 Å². The molecule has 18 heavy (non-hydrogen) atoms. The Bertz CT molecular complexity index is 468. The van der Waals surface area contributed by atoms with Gasteiger partial charge in [-0.2, -0.15) is 0 Å². The van der Waals surface area contributed by atoms with Crippen LogP contribution in [0.25, 0.3) is 0 Å². The first-order valence-corrected chi connectivity index (χ1v) is 5.25. The van der Waals surface area contributed by atoms with Crippen molar-refractivity contribution in [3.63, 3.8) is 0 Å². The minimum Gasteiger partial charge on any atom is -0.493 e. The number of primary amides is 1. The molecule has 1 amide bonds. The number of ether oxygens (including phenoxy) is 2. The van der Waals surface area contributed by atoms with Gasteiger partial charge in [0.25, 0.3) is 5.91 Å². The van der Waals surface area contributed by atoms with Gasteiger partial charge in [-0.3, -0.25) is 4.79 Å². The van der Waals surface area contributed by atoms with E-state index in [0.29, 0.717) is 17.1 Å². The maximum absolute atomic E-state index is 13.2. The third-order valence-corrected chi connectivity index (χ3v) is 2.26. The van der Waals surface area contributed by atoms with Gasteiger partial charge in [0.05, 0.1) is 7.11 Å². The lowest BCUT2D eigenvalue weighted by Gasteiger charge is -2.11. The fraction of sp³-hybridized carbons (Fsp3) is 0.308. The Kier molecular flexibility index (Phi) is 5.00. The van der Waals surface area contributed by atoms with Crippen molar-refractivity contribution in [3.05, 3.63) is 23.8 Å². The van der Waals surface area contributed by atoms with Gasteiger partial charge in [0.2, 0.25) is 0 Å². The monoisotopic (exact) mass is 251 g/mol. The molecule has 4 nitrogen and oxygen atoms in total. The summed E-state index contributed by atoms with van der Waals surface area (Å²) < 4.78 is 23.5. The number of amides is 1. The van der Waals surface area contributed by atoms with E-state index in [1.54, 1.807) is 18.2 Å². The number of alkyl halides is 1. The largest absolute Gasteiger partial charge is 0.493 e. The van der Waals surface area contributed by atoms with E-state index >= 15 is 0 Å². The smallest absolute Gasteiger partial charge is 0.252 e. The van der Waals surface area contributed by atoms with E-state index in [0.717, 1.165) is 0 Å². The fourth-order valence-electron chi connectivity index (χ4n) is 1.39. The highest BCUT2D eigenvalue weighted by Gasteiger charge is 2.15. The number of benzene rings is 1. The zero-order valence-corrected chi connectivity index (χ0v) is 9.98. The average Bonchev–Trinajstić information content (AvgIpc) is 2.36. The predicted octanol–water partition coefficient (Wildman–Crippen LogP) is 1.07. The predicted molar refractivity (Wildman–Crippen MR) is 65.1 cm³/mol. The molecular formula is C13H14FNO3. The molecule has 0 saturated carbocycles. The molecule has 1 aromatic rings. The van der Waals surface area contributed by atoms with E-state index in [4.69, 9.17) is 21.6 Å². The van der Waals surface area contributed by atoms with Gasteiger partial charge in [0, 0.05) is 6.42 Å². The highest BCUT2D eigenvalue weighted by molar-refractivity contribution is 5.79. The van der Waals surface area contributed by atoms with Gasteiger partial charge in [0.1, 0.15) is 6.61 Å². The van der Waals surface area contributed by atoms with Crippen LogP contribution in [0.5, 0.6) is 11.5 Å². The maximum atomic E-state index is 13.2. The van der Waals surface area contributed by atoms with Crippen molar-refractivity contribution in [1.82, 2.24) is 0 Å². The molecular weight excluding hydrogens is 237 g/mol. The summed E-state index contributed by atoms with van der Waals surface area (Å²) in [6, 6.07) is 4.82. The van der Waals surface area contributed by atoms with Gasteiger partial charge in [-0.15, -0.1) is 6.42 Å². The highest BCUT2D eigenvalue weighted by Crippen LogP contribution is 2.28. The molecule has 5 heteroatoms. The Morgan fingerprint density at radius 3 is 2.83 bits per heavy atom. The minimum absolute atomic E-state index is 0.0961. The molecule has 96 valence electrons. The Morgan fingerprint density at radius 2 is 2.28 bits per heavy atom. The third kappa shape index (κ3) is 3.67. The summed E-state index contributed by atoms with van der Waals surface area (Å²) in [7, 11) is 1.46. The van der Waals surface area contributed by atoms with Crippen LogP contribution in [0.4, 0.5) is 4.39 Å². The van der Waals surface area contributed by atoms with Crippen molar-refractivity contribution in [1.29, 1.82) is 0 Å². The molecule has 1 aromatic carbocycles. The molecule has 0 spiro atoms. The summed E-state index contributed by atoms with van der Waals surface area (Å²) in [4.78, 5) is 10.6. The molecule has 0 aliphatic rings. The third-order valence-electron chi connectivity index (χ3n) is 2.26. The Balaban J connectivity index is 2.85. The lowest BCUT2D eigenvalue weighted by molar-refractivity contribution is -0.122. The molecule has 0 fully saturated rings. The minimum atomic E-state index is -1.72. The van der Waals surface area contributed by atoms with Crippen LogP contribution in [-0.2, 0) is 11.2 Å². The maximum Gasteiger partial charge on any atom is 0.252 e. The number of hydrogen-bond donors (Lipinski definition) is 1. The normalized spacial score (nSPS) is 11.4. The lowest BCUT2D eigenvalue weighted by Crippen LogP contribution is -2.26. The zero-order chi connectivity index (χ0) is 13.5. The summed E-state index contributed by atoms with van der Waals surface area (Å²) in [6.45, 7) is 0.114. The van der Waals surface area contributed by atoms with E-state index in [1.807, 2.05) is 0 Å². The standard InChI is InChI=1S/C13H14FNO3/c1-3-6-18-11-5-4-9(8-12(11)17-2)7-10(14)13(15)16/h1,4-5,8,10H,6-7H2,2H3,(H2,15,16). The second kappa shape index (κ2) is 6.50. The first kappa shape index (κ1) is 13.8. The number of carbonyl (C=O) groups excluding carboxylic acids is 1. The molecule has 0 saturated heterocycles. The van der Waals surface area contributed by atoms with Gasteiger partial charge in [-0.25, -0.2) is 4.39 Å². The highest BCUT2D eigenvalue weighted by atomic mass is 19.1. The quantitative estimate of drug-likeness (QED) is 0.769. The van der Waals surface area contributed by atoms with Crippen molar-refractivity contribution < 1.29 is 18.7 Å². The Labute approximate surface area is 105 Å². The number of methoxy groups -OCH3 is 1. The van der Waals surface area contributed by atoms with Crippen molar-refractivity contribution in [3.8, 4) is 23.8 Å². The summed E-state index contributed by atoms with van der Waals surface area (Å²) in [5.41, 5.74) is 5.45. The molecule has 1 unspecified atom stereocenters. The molecule has 0 radical (unpaired) electrons.